The fourth-order valence-corrected chi connectivity index (χ4v) is 5.00. The number of aromatic nitrogens is 2. The molecule has 5 rings (SSSR count). The van der Waals surface area contributed by atoms with E-state index in [-0.39, 0.29) is 6.03 Å². The number of carbonyl (C=O) groups excluding carboxylic acids is 2. The van der Waals surface area contributed by atoms with Gasteiger partial charge in [-0.15, -0.1) is 0 Å². The molecular weight excluding hydrogens is 509 g/mol. The smallest absolute Gasteiger partial charge is 0.326 e. The molecule has 1 aliphatic heterocycles. The van der Waals surface area contributed by atoms with Crippen molar-refractivity contribution in [3.05, 3.63) is 105 Å². The van der Waals surface area contributed by atoms with Gasteiger partial charge >= 0.3 is 6.03 Å². The van der Waals surface area contributed by atoms with Gasteiger partial charge in [-0.05, 0) is 53.1 Å². The number of hydrogen-bond donors (Lipinski definition) is 2. The zero-order valence-electron chi connectivity index (χ0n) is 20.0. The van der Waals surface area contributed by atoms with E-state index in [0.717, 1.165) is 40.9 Å². The summed E-state index contributed by atoms with van der Waals surface area (Å²) in [5, 5.41) is 4.99. The van der Waals surface area contributed by atoms with Gasteiger partial charge < -0.3 is 11.1 Å². The SMILES string of the molecule is NC(=O)c1ccc2c3c(n(C(=O)NCc4ccnc(Cl)c4)c2c1)CCN(C/C=C/c1ccc(Cl)cc1)C3. The van der Waals surface area contributed by atoms with Crippen molar-refractivity contribution in [2.45, 2.75) is 19.5 Å². The standard InChI is InChI=1S/C28H25Cl2N5O2/c29-21-6-3-18(4-7-21)2-1-12-34-13-10-24-23(17-34)22-8-5-20(27(31)36)15-25(22)35(24)28(37)33-16-19-9-11-32-26(30)14-19/h1-9,11,14-15H,10,12-13,16-17H2,(H2,31,36)(H,33,37)/b2-1+. The van der Waals surface area contributed by atoms with E-state index in [2.05, 4.69) is 27.4 Å². The Kier molecular flexibility index (Phi) is 7.28. The Morgan fingerprint density at radius 3 is 2.65 bits per heavy atom. The lowest BCUT2D eigenvalue weighted by Crippen LogP contribution is -2.34. The van der Waals surface area contributed by atoms with Gasteiger partial charge in [0.15, 0.2) is 0 Å². The maximum Gasteiger partial charge on any atom is 0.326 e. The van der Waals surface area contributed by atoms with Crippen LogP contribution in [0.1, 0.15) is 32.7 Å². The first kappa shape index (κ1) is 25.0. The van der Waals surface area contributed by atoms with Crippen LogP contribution in [0.4, 0.5) is 4.79 Å². The number of halogens is 2. The highest BCUT2D eigenvalue weighted by atomic mass is 35.5. The number of nitrogens with one attached hydrogen (secondary N) is 1. The third-order valence-corrected chi connectivity index (χ3v) is 6.95. The van der Waals surface area contributed by atoms with Crippen LogP contribution < -0.4 is 11.1 Å². The lowest BCUT2D eigenvalue weighted by atomic mass is 10.0. The molecule has 2 amide bonds. The second-order valence-electron chi connectivity index (χ2n) is 8.94. The van der Waals surface area contributed by atoms with Crippen molar-refractivity contribution in [2.24, 2.45) is 5.73 Å². The summed E-state index contributed by atoms with van der Waals surface area (Å²) in [6, 6.07) is 16.3. The molecule has 3 N–H and O–H groups in total. The summed E-state index contributed by atoms with van der Waals surface area (Å²) >= 11 is 12.0. The van der Waals surface area contributed by atoms with Crippen molar-refractivity contribution in [1.82, 2.24) is 19.8 Å². The van der Waals surface area contributed by atoms with Crippen molar-refractivity contribution in [3.63, 3.8) is 0 Å². The van der Waals surface area contributed by atoms with Crippen LogP contribution in [0.3, 0.4) is 0 Å². The third kappa shape index (κ3) is 5.54. The summed E-state index contributed by atoms with van der Waals surface area (Å²) < 4.78 is 1.68. The van der Waals surface area contributed by atoms with E-state index in [0.29, 0.717) is 40.8 Å². The Morgan fingerprint density at radius 2 is 1.89 bits per heavy atom. The molecule has 0 atom stereocenters. The molecule has 1 aliphatic rings. The number of amides is 2. The molecule has 0 aliphatic carbocycles. The monoisotopic (exact) mass is 533 g/mol. The number of nitrogens with two attached hydrogens (primary N) is 1. The van der Waals surface area contributed by atoms with Gasteiger partial charge in [-0.25, -0.2) is 9.78 Å². The maximum absolute atomic E-state index is 13.4. The van der Waals surface area contributed by atoms with Gasteiger partial charge in [0.25, 0.3) is 0 Å². The summed E-state index contributed by atoms with van der Waals surface area (Å²) in [6.45, 7) is 2.55. The first-order chi connectivity index (χ1) is 17.9. The maximum atomic E-state index is 13.4. The van der Waals surface area contributed by atoms with Crippen LogP contribution in [0.5, 0.6) is 0 Å². The molecule has 4 aromatic rings. The molecular formula is C28H25Cl2N5O2. The zero-order valence-corrected chi connectivity index (χ0v) is 21.5. The Morgan fingerprint density at radius 1 is 1.08 bits per heavy atom. The molecule has 0 saturated carbocycles. The van der Waals surface area contributed by atoms with Crippen LogP contribution in [0, 0.1) is 0 Å². The highest BCUT2D eigenvalue weighted by Crippen LogP contribution is 2.32. The zero-order chi connectivity index (χ0) is 25.9. The lowest BCUT2D eigenvalue weighted by Gasteiger charge is -2.27. The second-order valence-corrected chi connectivity index (χ2v) is 9.77. The van der Waals surface area contributed by atoms with Gasteiger partial charge in [-0.3, -0.25) is 14.3 Å². The van der Waals surface area contributed by atoms with Crippen molar-refractivity contribution in [2.75, 3.05) is 13.1 Å². The van der Waals surface area contributed by atoms with E-state index in [1.54, 1.807) is 35.0 Å². The quantitative estimate of drug-likeness (QED) is 0.330. The Labute approximate surface area is 224 Å². The van der Waals surface area contributed by atoms with Crippen LogP contribution in [-0.4, -0.2) is 39.5 Å². The Hall–Kier alpha value is -3.65. The molecule has 0 fully saturated rings. The van der Waals surface area contributed by atoms with Gasteiger partial charge in [0.05, 0.1) is 5.52 Å². The molecule has 0 radical (unpaired) electrons. The van der Waals surface area contributed by atoms with E-state index in [1.165, 1.54) is 0 Å². The average Bonchev–Trinajstić information content (AvgIpc) is 3.21. The van der Waals surface area contributed by atoms with Gasteiger partial charge in [-0.2, -0.15) is 0 Å². The van der Waals surface area contributed by atoms with Gasteiger partial charge in [0, 0.05) is 60.5 Å². The molecule has 2 aromatic carbocycles. The van der Waals surface area contributed by atoms with Crippen molar-refractivity contribution in [1.29, 1.82) is 0 Å². The number of fused-ring (bicyclic) bond motifs is 3. The van der Waals surface area contributed by atoms with Crippen LogP contribution in [-0.2, 0) is 19.5 Å². The number of pyridine rings is 1. The minimum absolute atomic E-state index is 0.267. The van der Waals surface area contributed by atoms with E-state index >= 15 is 0 Å². The topological polar surface area (TPSA) is 93.2 Å². The number of hydrogen-bond acceptors (Lipinski definition) is 4. The molecule has 3 heterocycles. The number of nitrogens with zero attached hydrogens (tertiary/aromatic N) is 3. The lowest BCUT2D eigenvalue weighted by molar-refractivity contribution is 0.100. The summed E-state index contributed by atoms with van der Waals surface area (Å²) in [5.41, 5.74) is 10.5. The minimum Gasteiger partial charge on any atom is -0.366 e. The van der Waals surface area contributed by atoms with Crippen LogP contribution in [0.25, 0.3) is 17.0 Å². The minimum atomic E-state index is -0.534. The number of primary amides is 1. The van der Waals surface area contributed by atoms with Crippen LogP contribution in [0.15, 0.2) is 66.9 Å². The van der Waals surface area contributed by atoms with E-state index < -0.39 is 5.91 Å². The fourth-order valence-electron chi connectivity index (χ4n) is 4.68. The Balaban J connectivity index is 1.41. The summed E-state index contributed by atoms with van der Waals surface area (Å²) in [6.07, 6.45) is 6.50. The molecule has 0 spiro atoms. The van der Waals surface area contributed by atoms with Crippen LogP contribution in [0.2, 0.25) is 10.2 Å². The number of rotatable bonds is 6. The molecule has 9 heteroatoms. The first-order valence-electron chi connectivity index (χ1n) is 11.9. The highest BCUT2D eigenvalue weighted by molar-refractivity contribution is 6.30. The first-order valence-corrected chi connectivity index (χ1v) is 12.6. The van der Waals surface area contributed by atoms with Crippen LogP contribution >= 0.6 is 23.2 Å². The van der Waals surface area contributed by atoms with Crippen molar-refractivity contribution in [3.8, 4) is 0 Å². The molecule has 7 nitrogen and oxygen atoms in total. The van der Waals surface area contributed by atoms with Gasteiger partial charge in [0.2, 0.25) is 5.91 Å². The second kappa shape index (κ2) is 10.8. The third-order valence-electron chi connectivity index (χ3n) is 6.49. The van der Waals surface area contributed by atoms with Crippen molar-refractivity contribution >= 4 is 52.1 Å². The fraction of sp³-hybridized carbons (Fsp3) is 0.179. The van der Waals surface area contributed by atoms with Gasteiger partial charge in [-0.1, -0.05) is 53.6 Å². The molecule has 37 heavy (non-hydrogen) atoms. The van der Waals surface area contributed by atoms with E-state index in [9.17, 15) is 9.59 Å². The number of carbonyl (C=O) groups is 2. The van der Waals surface area contributed by atoms with Crippen molar-refractivity contribution < 1.29 is 9.59 Å². The largest absolute Gasteiger partial charge is 0.366 e. The molecule has 0 bridgehead atoms. The normalized spacial score (nSPS) is 13.7. The predicted molar refractivity (Wildman–Crippen MR) is 147 cm³/mol. The molecule has 0 saturated heterocycles. The summed E-state index contributed by atoms with van der Waals surface area (Å²) in [7, 11) is 0. The molecule has 0 unspecified atom stereocenters. The summed E-state index contributed by atoms with van der Waals surface area (Å²) in [4.78, 5) is 31.6. The van der Waals surface area contributed by atoms with Gasteiger partial charge in [0.1, 0.15) is 5.15 Å². The number of benzene rings is 2. The summed E-state index contributed by atoms with van der Waals surface area (Å²) in [5.74, 6) is -0.534. The average molecular weight is 534 g/mol. The predicted octanol–water partition coefficient (Wildman–Crippen LogP) is 5.27. The van der Waals surface area contributed by atoms with E-state index in [4.69, 9.17) is 28.9 Å². The van der Waals surface area contributed by atoms with E-state index in [1.807, 2.05) is 30.3 Å². The Bertz CT molecular complexity index is 1510. The highest BCUT2D eigenvalue weighted by Gasteiger charge is 2.26. The molecule has 2 aromatic heterocycles. The molecule has 188 valence electrons.